The first-order valence-corrected chi connectivity index (χ1v) is 18.8. The van der Waals surface area contributed by atoms with Crippen LogP contribution in [-0.4, -0.2) is 32.9 Å². The topological polar surface area (TPSA) is 57.4 Å². The number of rotatable bonds is 5. The van der Waals surface area contributed by atoms with Crippen LogP contribution in [0.25, 0.3) is 100 Å². The highest BCUT2D eigenvalue weighted by atomic mass is 15.2. The van der Waals surface area contributed by atoms with Gasteiger partial charge in [-0.25, -0.2) is 9.97 Å². The Kier molecular flexibility index (Phi) is 6.50. The Morgan fingerprint density at radius 2 is 0.768 bits per heavy atom. The van der Waals surface area contributed by atoms with Crippen LogP contribution in [0.5, 0.6) is 0 Å². The maximum Gasteiger partial charge on any atom is 0.220 e. The van der Waals surface area contributed by atoms with Crippen molar-refractivity contribution in [1.82, 2.24) is 32.9 Å². The molecule has 0 unspecified atom stereocenters. The van der Waals surface area contributed by atoms with E-state index < -0.39 is 0 Å². The van der Waals surface area contributed by atoms with Crippen LogP contribution >= 0.6 is 0 Å². The summed E-state index contributed by atoms with van der Waals surface area (Å²) < 4.78 is 9.08. The maximum atomic E-state index is 5.17. The van der Waals surface area contributed by atoms with Gasteiger partial charge in [0.2, 0.25) is 11.6 Å². The number of hydrogen-bond acceptors (Lipinski definition) is 3. The molecule has 5 heterocycles. The van der Waals surface area contributed by atoms with Crippen molar-refractivity contribution >= 4 is 55.7 Å². The third-order valence-corrected chi connectivity index (χ3v) is 11.1. The van der Waals surface area contributed by atoms with E-state index in [-0.39, 0.29) is 0 Å². The summed E-state index contributed by atoms with van der Waals surface area (Å²) in [4.78, 5) is 14.7. The van der Waals surface area contributed by atoms with Gasteiger partial charge < -0.3 is 0 Å². The molecule has 12 aromatic rings. The van der Waals surface area contributed by atoms with Gasteiger partial charge in [0.1, 0.15) is 5.52 Å². The fourth-order valence-electron chi connectivity index (χ4n) is 8.44. The molecule has 5 aromatic heterocycles. The van der Waals surface area contributed by atoms with Crippen molar-refractivity contribution in [1.29, 1.82) is 0 Å². The number of imidazole rings is 4. The van der Waals surface area contributed by atoms with Crippen LogP contribution in [0.3, 0.4) is 0 Å². The van der Waals surface area contributed by atoms with Crippen molar-refractivity contribution in [2.75, 3.05) is 0 Å². The van der Waals surface area contributed by atoms with Gasteiger partial charge in [0.25, 0.3) is 0 Å². The molecule has 0 saturated carbocycles. The summed E-state index contributed by atoms with van der Waals surface area (Å²) in [5, 5.41) is 0. The molecular formula is C49H31N7. The Morgan fingerprint density at radius 3 is 1.32 bits per heavy atom. The molecule has 0 fully saturated rings. The molecule has 0 spiro atoms. The van der Waals surface area contributed by atoms with E-state index in [1.54, 1.807) is 0 Å². The molecule has 0 atom stereocenters. The molecule has 0 N–H and O–H groups in total. The molecule has 56 heavy (non-hydrogen) atoms. The molecule has 7 aromatic carbocycles. The zero-order valence-corrected chi connectivity index (χ0v) is 30.0. The second kappa shape index (κ2) is 11.9. The normalized spacial score (nSPS) is 11.9. The second-order valence-corrected chi connectivity index (χ2v) is 14.3. The number of fused-ring (bicyclic) bond motifs is 10. The Bertz CT molecular complexity index is 3210. The number of nitrogens with zero attached hydrogens (tertiary/aromatic N) is 7. The van der Waals surface area contributed by atoms with Gasteiger partial charge in [-0.1, -0.05) is 109 Å². The average Bonchev–Trinajstić information content (AvgIpc) is 4.00. The summed E-state index contributed by atoms with van der Waals surface area (Å²) in [6, 6.07) is 62.4. The van der Waals surface area contributed by atoms with Crippen LogP contribution in [0.4, 0.5) is 0 Å². The minimum atomic E-state index is 0.852. The molecule has 7 heteroatoms. The molecule has 0 aliphatic heterocycles. The van der Waals surface area contributed by atoms with E-state index in [4.69, 9.17) is 9.97 Å². The third kappa shape index (κ3) is 4.55. The van der Waals surface area contributed by atoms with E-state index in [1.807, 2.05) is 24.5 Å². The molecule has 0 radical (unpaired) electrons. The Labute approximate surface area is 320 Å². The van der Waals surface area contributed by atoms with Crippen molar-refractivity contribution in [3.63, 3.8) is 0 Å². The summed E-state index contributed by atoms with van der Waals surface area (Å²) >= 11 is 0. The van der Waals surface area contributed by atoms with Crippen molar-refractivity contribution in [2.24, 2.45) is 0 Å². The number of hydrogen-bond donors (Lipinski definition) is 0. The third-order valence-electron chi connectivity index (χ3n) is 11.1. The van der Waals surface area contributed by atoms with Gasteiger partial charge in [-0.3, -0.25) is 22.9 Å². The Morgan fingerprint density at radius 1 is 0.321 bits per heavy atom. The molecule has 0 aliphatic rings. The first-order valence-electron chi connectivity index (χ1n) is 18.8. The summed E-state index contributed by atoms with van der Waals surface area (Å²) in [5.74, 6) is 1.74. The lowest BCUT2D eigenvalue weighted by Crippen LogP contribution is -1.95. The van der Waals surface area contributed by atoms with Gasteiger partial charge in [0.05, 0.1) is 44.8 Å². The number of aromatic nitrogens is 7. The van der Waals surface area contributed by atoms with Gasteiger partial charge in [0, 0.05) is 17.6 Å². The van der Waals surface area contributed by atoms with Gasteiger partial charge in [0.15, 0.2) is 0 Å². The molecule has 262 valence electrons. The van der Waals surface area contributed by atoms with Crippen molar-refractivity contribution in [3.05, 3.63) is 188 Å². The molecule has 0 aliphatic carbocycles. The van der Waals surface area contributed by atoms with E-state index in [1.165, 1.54) is 22.3 Å². The quantitative estimate of drug-likeness (QED) is 0.178. The van der Waals surface area contributed by atoms with Crippen LogP contribution in [0.15, 0.2) is 188 Å². The van der Waals surface area contributed by atoms with E-state index >= 15 is 0 Å². The molecule has 0 saturated heterocycles. The lowest BCUT2D eigenvalue weighted by molar-refractivity contribution is 1.11. The van der Waals surface area contributed by atoms with Crippen LogP contribution in [-0.2, 0) is 0 Å². The smallest absolute Gasteiger partial charge is 0.220 e. The number of pyridine rings is 1. The van der Waals surface area contributed by atoms with E-state index in [0.29, 0.717) is 0 Å². The predicted octanol–water partition coefficient (Wildman–Crippen LogP) is 11.6. The molecule has 0 amide bonds. The largest absolute Gasteiger partial charge is 0.278 e. The van der Waals surface area contributed by atoms with Gasteiger partial charge >= 0.3 is 0 Å². The summed E-state index contributed by atoms with van der Waals surface area (Å²) in [6.07, 6.45) is 3.68. The van der Waals surface area contributed by atoms with Crippen LogP contribution in [0.1, 0.15) is 0 Å². The van der Waals surface area contributed by atoms with Crippen LogP contribution in [0, 0.1) is 0 Å². The minimum Gasteiger partial charge on any atom is -0.278 e. The van der Waals surface area contributed by atoms with E-state index in [9.17, 15) is 0 Å². The van der Waals surface area contributed by atoms with Gasteiger partial charge in [-0.15, -0.1) is 0 Å². The molecule has 7 nitrogen and oxygen atoms in total. The van der Waals surface area contributed by atoms with E-state index in [2.05, 4.69) is 187 Å². The molecule has 0 bridgehead atoms. The lowest BCUT2D eigenvalue weighted by atomic mass is 10.0. The van der Waals surface area contributed by atoms with Gasteiger partial charge in [-0.05, 0) is 100 Å². The highest BCUT2D eigenvalue weighted by Gasteiger charge is 2.21. The Balaban J connectivity index is 1.04. The molecular weight excluding hydrogens is 687 g/mol. The predicted molar refractivity (Wildman–Crippen MR) is 227 cm³/mol. The zero-order chi connectivity index (χ0) is 36.7. The summed E-state index contributed by atoms with van der Waals surface area (Å²) in [6.45, 7) is 0. The Hall–Kier alpha value is -7.77. The lowest BCUT2D eigenvalue weighted by Gasteiger charge is -2.09. The van der Waals surface area contributed by atoms with Gasteiger partial charge in [-0.2, -0.15) is 0 Å². The number of benzene rings is 7. The van der Waals surface area contributed by atoms with Crippen molar-refractivity contribution in [2.45, 2.75) is 0 Å². The fraction of sp³-hybridized carbons (Fsp3) is 0. The first-order chi connectivity index (χ1) is 27.8. The average molecular weight is 718 g/mol. The highest BCUT2D eigenvalue weighted by molar-refractivity contribution is 5.97. The van der Waals surface area contributed by atoms with Crippen LogP contribution < -0.4 is 0 Å². The van der Waals surface area contributed by atoms with Crippen molar-refractivity contribution in [3.8, 4) is 44.8 Å². The summed E-state index contributed by atoms with van der Waals surface area (Å²) in [7, 11) is 0. The standard InChI is InChI=1S/C49H31N7/c1-3-9-32(10-4-1)34-15-21-38(22-16-34)53-44-25-19-36(29-46(44)55-42-14-8-7-13-40(42)51-48(53)55)37-20-26-45-47(30-37)56-43-27-28-50-31-41(43)52-49(56)54(45)39-23-17-35(18-24-39)33-11-5-2-6-12-33/h1-31H. The minimum absolute atomic E-state index is 0.852. The summed E-state index contributed by atoms with van der Waals surface area (Å²) in [5.41, 5.74) is 17.4. The van der Waals surface area contributed by atoms with Crippen molar-refractivity contribution < 1.29 is 0 Å². The highest BCUT2D eigenvalue weighted by Crippen LogP contribution is 2.36. The van der Waals surface area contributed by atoms with E-state index in [0.717, 1.165) is 78.2 Å². The number of para-hydroxylation sites is 2. The fourth-order valence-corrected chi connectivity index (χ4v) is 8.44. The first kappa shape index (κ1) is 30.7. The SMILES string of the molecule is c1ccc(-c2ccc(-n3c4ccc(-c5ccc6c(c5)n5c7ccncc7nc5n6-c5ccc(-c6ccccc6)cc5)cc4n4c5ccccc5nc34)cc2)cc1. The molecule has 12 rings (SSSR count). The van der Waals surface area contributed by atoms with Crippen LogP contribution in [0.2, 0.25) is 0 Å². The maximum absolute atomic E-state index is 5.17. The zero-order valence-electron chi connectivity index (χ0n) is 30.0. The second-order valence-electron chi connectivity index (χ2n) is 14.3. The monoisotopic (exact) mass is 717 g/mol.